The van der Waals surface area contributed by atoms with E-state index in [1.54, 1.807) is 0 Å². The molecule has 1 aromatic rings. The quantitative estimate of drug-likeness (QED) is 0.871. The minimum atomic E-state index is -0.659. The summed E-state index contributed by atoms with van der Waals surface area (Å²) in [5.41, 5.74) is 0.572. The van der Waals surface area contributed by atoms with Crippen LogP contribution >= 0.6 is 0 Å². The summed E-state index contributed by atoms with van der Waals surface area (Å²) in [5.74, 6) is -1.62. The monoisotopic (exact) mass is 285 g/mol. The predicted molar refractivity (Wildman–Crippen MR) is 72.8 cm³/mol. The van der Waals surface area contributed by atoms with Gasteiger partial charge >= 0.3 is 0 Å². The third-order valence-corrected chi connectivity index (χ3v) is 3.32. The van der Waals surface area contributed by atoms with Gasteiger partial charge in [-0.1, -0.05) is 6.92 Å². The van der Waals surface area contributed by atoms with Gasteiger partial charge in [-0.3, -0.25) is 0 Å². The third-order valence-electron chi connectivity index (χ3n) is 3.32. The lowest BCUT2D eigenvalue weighted by Gasteiger charge is -2.22. The van der Waals surface area contributed by atoms with Crippen LogP contribution in [0, 0.1) is 11.6 Å². The summed E-state index contributed by atoms with van der Waals surface area (Å²) in [4.78, 5) is 0. The second kappa shape index (κ2) is 7.55. The first-order valence-electron chi connectivity index (χ1n) is 7.13. The first kappa shape index (κ1) is 15.2. The molecule has 0 saturated carbocycles. The normalized spacial score (nSPS) is 19.1. The summed E-state index contributed by atoms with van der Waals surface area (Å²) in [6.45, 7) is 4.02. The van der Waals surface area contributed by atoms with Crippen molar-refractivity contribution in [3.8, 4) is 5.75 Å². The van der Waals surface area contributed by atoms with Crippen LogP contribution in [0.3, 0.4) is 0 Å². The molecule has 1 aromatic carbocycles. The summed E-state index contributed by atoms with van der Waals surface area (Å²) in [7, 11) is 0. The molecule has 1 atom stereocenters. The molecule has 20 heavy (non-hydrogen) atoms. The molecule has 112 valence electrons. The highest BCUT2D eigenvalue weighted by Crippen LogP contribution is 2.24. The molecule has 1 saturated heterocycles. The van der Waals surface area contributed by atoms with Crippen molar-refractivity contribution in [3.63, 3.8) is 0 Å². The summed E-state index contributed by atoms with van der Waals surface area (Å²) in [5, 5.41) is 3.03. The van der Waals surface area contributed by atoms with Gasteiger partial charge in [0.1, 0.15) is 6.61 Å². The highest BCUT2D eigenvalue weighted by Gasteiger charge is 2.18. The fraction of sp³-hybridized carbons (Fsp3) is 0.600. The Morgan fingerprint density at radius 2 is 2.05 bits per heavy atom. The third kappa shape index (κ3) is 4.15. The molecule has 1 N–H and O–H groups in total. The number of nitrogens with one attached hydrogen (secondary N) is 1. The first-order valence-corrected chi connectivity index (χ1v) is 7.13. The van der Waals surface area contributed by atoms with Gasteiger partial charge < -0.3 is 14.8 Å². The maximum atomic E-state index is 13.9. The van der Waals surface area contributed by atoms with Crippen LogP contribution in [0.5, 0.6) is 5.75 Å². The van der Waals surface area contributed by atoms with Crippen molar-refractivity contribution in [3.05, 3.63) is 29.3 Å². The largest absolute Gasteiger partial charge is 0.485 e. The molecule has 0 radical (unpaired) electrons. The van der Waals surface area contributed by atoms with Crippen molar-refractivity contribution in [1.29, 1.82) is 0 Å². The first-order chi connectivity index (χ1) is 9.70. The number of benzene rings is 1. The van der Waals surface area contributed by atoms with Crippen LogP contribution in [0.15, 0.2) is 12.1 Å². The zero-order valence-electron chi connectivity index (χ0n) is 11.8. The summed E-state index contributed by atoms with van der Waals surface area (Å²) in [6.07, 6.45) is 2.92. The molecular formula is C15H21F2NO2. The second-order valence-corrected chi connectivity index (χ2v) is 4.97. The smallest absolute Gasteiger partial charge is 0.190 e. The van der Waals surface area contributed by atoms with E-state index in [2.05, 4.69) is 5.32 Å². The standard InChI is InChI=1S/C15H21F2NO2/c1-2-18-9-11-7-13(16)15(14(17)8-11)20-10-12-5-3-4-6-19-12/h7-8,12,18H,2-6,9-10H2,1H3. The molecule has 2 rings (SSSR count). The van der Waals surface area contributed by atoms with E-state index in [1.165, 1.54) is 12.1 Å². The molecule has 0 aromatic heterocycles. The average molecular weight is 285 g/mol. The van der Waals surface area contributed by atoms with E-state index in [-0.39, 0.29) is 18.5 Å². The highest BCUT2D eigenvalue weighted by atomic mass is 19.1. The fourth-order valence-corrected chi connectivity index (χ4v) is 2.24. The fourth-order valence-electron chi connectivity index (χ4n) is 2.24. The van der Waals surface area contributed by atoms with Gasteiger partial charge in [-0.2, -0.15) is 0 Å². The molecule has 3 nitrogen and oxygen atoms in total. The van der Waals surface area contributed by atoms with Gasteiger partial charge in [0.25, 0.3) is 0 Å². The Hall–Kier alpha value is -1.20. The van der Waals surface area contributed by atoms with E-state index < -0.39 is 11.6 Å². The lowest BCUT2D eigenvalue weighted by molar-refractivity contribution is -0.0124. The van der Waals surface area contributed by atoms with E-state index in [9.17, 15) is 8.78 Å². The Kier molecular flexibility index (Phi) is 5.73. The van der Waals surface area contributed by atoms with Crippen molar-refractivity contribution in [2.75, 3.05) is 19.8 Å². The number of halogens is 2. The molecule has 1 unspecified atom stereocenters. The van der Waals surface area contributed by atoms with Crippen molar-refractivity contribution < 1.29 is 18.3 Å². The molecule has 0 amide bonds. The number of hydrogen-bond acceptors (Lipinski definition) is 3. The zero-order valence-corrected chi connectivity index (χ0v) is 11.8. The van der Waals surface area contributed by atoms with E-state index in [0.29, 0.717) is 18.7 Å². The van der Waals surface area contributed by atoms with Crippen molar-refractivity contribution in [1.82, 2.24) is 5.32 Å². The molecule has 1 aliphatic rings. The summed E-state index contributed by atoms with van der Waals surface area (Å²) >= 11 is 0. The van der Waals surface area contributed by atoms with Crippen LogP contribution in [0.2, 0.25) is 0 Å². The van der Waals surface area contributed by atoms with Crippen LogP contribution in [0.25, 0.3) is 0 Å². The zero-order chi connectivity index (χ0) is 14.4. The Labute approximate surface area is 118 Å². The van der Waals surface area contributed by atoms with Gasteiger partial charge in [0.2, 0.25) is 0 Å². The number of hydrogen-bond donors (Lipinski definition) is 1. The summed E-state index contributed by atoms with van der Waals surface area (Å²) < 4.78 is 38.5. The van der Waals surface area contributed by atoms with E-state index in [4.69, 9.17) is 9.47 Å². The second-order valence-electron chi connectivity index (χ2n) is 4.97. The average Bonchev–Trinajstić information content (AvgIpc) is 2.45. The molecule has 1 aliphatic heterocycles. The lowest BCUT2D eigenvalue weighted by atomic mass is 10.1. The lowest BCUT2D eigenvalue weighted by Crippen LogP contribution is -2.26. The van der Waals surface area contributed by atoms with Crippen LogP contribution in [-0.4, -0.2) is 25.9 Å². The molecule has 1 heterocycles. The van der Waals surface area contributed by atoms with Gasteiger partial charge in [0.15, 0.2) is 17.4 Å². The maximum absolute atomic E-state index is 13.9. The van der Waals surface area contributed by atoms with E-state index in [0.717, 1.165) is 25.8 Å². The van der Waals surface area contributed by atoms with Crippen molar-refractivity contribution in [2.45, 2.75) is 38.8 Å². The SMILES string of the molecule is CCNCc1cc(F)c(OCC2CCCCO2)c(F)c1. The van der Waals surface area contributed by atoms with Gasteiger partial charge in [-0.25, -0.2) is 8.78 Å². The molecule has 0 spiro atoms. The van der Waals surface area contributed by atoms with Gasteiger partial charge in [-0.05, 0) is 43.5 Å². The highest BCUT2D eigenvalue weighted by molar-refractivity contribution is 5.31. The van der Waals surface area contributed by atoms with Gasteiger partial charge in [-0.15, -0.1) is 0 Å². The van der Waals surface area contributed by atoms with Crippen molar-refractivity contribution >= 4 is 0 Å². The molecular weight excluding hydrogens is 264 g/mol. The maximum Gasteiger partial charge on any atom is 0.190 e. The number of ether oxygens (including phenoxy) is 2. The molecule has 5 heteroatoms. The Bertz CT molecular complexity index is 411. The Balaban J connectivity index is 1.96. The van der Waals surface area contributed by atoms with Crippen LogP contribution in [0.1, 0.15) is 31.7 Å². The van der Waals surface area contributed by atoms with Crippen LogP contribution in [0.4, 0.5) is 8.78 Å². The van der Waals surface area contributed by atoms with Gasteiger partial charge in [0.05, 0.1) is 6.10 Å². The molecule has 0 bridgehead atoms. The summed E-state index contributed by atoms with van der Waals surface area (Å²) in [6, 6.07) is 2.62. The van der Waals surface area contributed by atoms with E-state index >= 15 is 0 Å². The van der Waals surface area contributed by atoms with E-state index in [1.807, 2.05) is 6.92 Å². The predicted octanol–water partition coefficient (Wildman–Crippen LogP) is 3.02. The van der Waals surface area contributed by atoms with Crippen molar-refractivity contribution in [2.24, 2.45) is 0 Å². The minimum Gasteiger partial charge on any atom is -0.485 e. The molecule has 0 aliphatic carbocycles. The minimum absolute atomic E-state index is 0.0658. The molecule has 1 fully saturated rings. The van der Waals surface area contributed by atoms with Gasteiger partial charge in [0, 0.05) is 13.2 Å². The van der Waals surface area contributed by atoms with Crippen LogP contribution < -0.4 is 10.1 Å². The topological polar surface area (TPSA) is 30.5 Å². The Morgan fingerprint density at radius 1 is 1.30 bits per heavy atom. The van der Waals surface area contributed by atoms with Crippen LogP contribution in [-0.2, 0) is 11.3 Å². The Morgan fingerprint density at radius 3 is 2.65 bits per heavy atom. The number of rotatable bonds is 6.